The van der Waals surface area contributed by atoms with Crippen molar-refractivity contribution in [2.45, 2.75) is 180 Å². The molecular formula is C38H66N2. The molecule has 2 aromatic rings. The normalized spacial score (nSPS) is 13.1. The molecule has 0 aliphatic carbocycles. The lowest BCUT2D eigenvalue weighted by Gasteiger charge is -2.29. The van der Waals surface area contributed by atoms with Crippen molar-refractivity contribution in [3.8, 4) is 0 Å². The second-order valence-corrected chi connectivity index (χ2v) is 12.7. The van der Waals surface area contributed by atoms with Crippen LogP contribution in [0.15, 0.2) is 49.1 Å². The van der Waals surface area contributed by atoms with Crippen molar-refractivity contribution in [2.75, 3.05) is 0 Å². The van der Waals surface area contributed by atoms with Crippen molar-refractivity contribution in [2.24, 2.45) is 5.92 Å². The SMILES string of the molecule is CCCCCCCCCCCCCCCCCCCC(C(CCCCCCC)Cc1ccccc1)n1ccnc1. The van der Waals surface area contributed by atoms with E-state index < -0.39 is 0 Å². The molecule has 2 atom stereocenters. The van der Waals surface area contributed by atoms with E-state index in [2.05, 4.69) is 66.3 Å². The van der Waals surface area contributed by atoms with Crippen LogP contribution in [0.5, 0.6) is 0 Å². The molecule has 0 saturated heterocycles. The Kier molecular flexibility index (Phi) is 21.8. The Balaban J connectivity index is 1.62. The predicted octanol–water partition coefficient (Wildman–Crippen LogP) is 12.7. The monoisotopic (exact) mass is 551 g/mol. The second-order valence-electron chi connectivity index (χ2n) is 12.7. The van der Waals surface area contributed by atoms with Crippen LogP contribution in [0.3, 0.4) is 0 Å². The third kappa shape index (κ3) is 17.3. The maximum Gasteiger partial charge on any atom is 0.0948 e. The molecule has 0 N–H and O–H groups in total. The van der Waals surface area contributed by atoms with Gasteiger partial charge in [-0.2, -0.15) is 0 Å². The minimum atomic E-state index is 0.574. The van der Waals surface area contributed by atoms with Crippen molar-refractivity contribution in [3.05, 3.63) is 54.6 Å². The molecular weight excluding hydrogens is 484 g/mol. The average Bonchev–Trinajstić information content (AvgIpc) is 3.51. The van der Waals surface area contributed by atoms with Gasteiger partial charge >= 0.3 is 0 Å². The summed E-state index contributed by atoms with van der Waals surface area (Å²) < 4.78 is 2.44. The van der Waals surface area contributed by atoms with Crippen molar-refractivity contribution in [1.82, 2.24) is 9.55 Å². The van der Waals surface area contributed by atoms with Gasteiger partial charge in [0.05, 0.1) is 6.33 Å². The van der Waals surface area contributed by atoms with Crippen LogP contribution < -0.4 is 0 Å². The minimum Gasteiger partial charge on any atom is -0.334 e. The molecule has 0 amide bonds. The summed E-state index contributed by atoms with van der Waals surface area (Å²) in [5.41, 5.74) is 1.49. The highest BCUT2D eigenvalue weighted by Gasteiger charge is 2.23. The number of hydrogen-bond donors (Lipinski definition) is 0. The fraction of sp³-hybridized carbons (Fsp3) is 0.763. The first-order valence-corrected chi connectivity index (χ1v) is 17.9. The first-order valence-electron chi connectivity index (χ1n) is 17.9. The summed E-state index contributed by atoms with van der Waals surface area (Å²) in [6.07, 6.45) is 41.4. The van der Waals surface area contributed by atoms with Crippen LogP contribution >= 0.6 is 0 Å². The van der Waals surface area contributed by atoms with Gasteiger partial charge in [0, 0.05) is 18.4 Å². The molecule has 2 heteroatoms. The van der Waals surface area contributed by atoms with Crippen molar-refractivity contribution < 1.29 is 0 Å². The lowest BCUT2D eigenvalue weighted by atomic mass is 9.84. The molecule has 0 fully saturated rings. The zero-order valence-electron chi connectivity index (χ0n) is 26.8. The van der Waals surface area contributed by atoms with Gasteiger partial charge in [-0.3, -0.25) is 0 Å². The van der Waals surface area contributed by atoms with E-state index in [0.29, 0.717) is 12.0 Å². The molecule has 1 heterocycles. The average molecular weight is 551 g/mol. The summed E-state index contributed by atoms with van der Waals surface area (Å²) in [5.74, 6) is 0.694. The second kappa shape index (κ2) is 25.2. The van der Waals surface area contributed by atoms with Gasteiger partial charge in [-0.05, 0) is 30.7 Å². The highest BCUT2D eigenvalue weighted by Crippen LogP contribution is 2.32. The highest BCUT2D eigenvalue weighted by atomic mass is 15.1. The van der Waals surface area contributed by atoms with Crippen molar-refractivity contribution in [3.63, 3.8) is 0 Å². The van der Waals surface area contributed by atoms with E-state index >= 15 is 0 Å². The zero-order chi connectivity index (χ0) is 28.4. The number of rotatable bonds is 28. The van der Waals surface area contributed by atoms with Crippen LogP contribution in [0.2, 0.25) is 0 Å². The molecule has 40 heavy (non-hydrogen) atoms. The van der Waals surface area contributed by atoms with E-state index in [4.69, 9.17) is 0 Å². The largest absolute Gasteiger partial charge is 0.334 e. The zero-order valence-corrected chi connectivity index (χ0v) is 26.8. The summed E-state index contributed by atoms with van der Waals surface area (Å²) in [6, 6.07) is 11.8. The molecule has 2 unspecified atom stereocenters. The quantitative estimate of drug-likeness (QED) is 0.0963. The fourth-order valence-electron chi connectivity index (χ4n) is 6.53. The van der Waals surface area contributed by atoms with Gasteiger partial charge in [0.15, 0.2) is 0 Å². The van der Waals surface area contributed by atoms with Gasteiger partial charge in [-0.15, -0.1) is 0 Å². The molecule has 0 spiro atoms. The van der Waals surface area contributed by atoms with Crippen LogP contribution in [-0.4, -0.2) is 9.55 Å². The van der Waals surface area contributed by atoms with Gasteiger partial charge < -0.3 is 4.57 Å². The number of unbranched alkanes of at least 4 members (excludes halogenated alkanes) is 20. The first-order chi connectivity index (χ1) is 19.8. The standard InChI is InChI=1S/C38H66N2/c1-3-5-7-9-10-11-12-13-14-15-16-17-18-19-20-22-27-31-38(40-33-32-39-35-40)37(30-26-21-8-6-4-2)34-36-28-24-23-25-29-36/h23-25,28-29,32-33,35,37-38H,3-22,26-27,30-31,34H2,1-2H3. The number of aromatic nitrogens is 2. The summed E-state index contributed by atoms with van der Waals surface area (Å²) >= 11 is 0. The number of imidazole rings is 1. The summed E-state index contributed by atoms with van der Waals surface area (Å²) in [5, 5.41) is 0. The topological polar surface area (TPSA) is 17.8 Å². The molecule has 228 valence electrons. The van der Waals surface area contributed by atoms with Crippen LogP contribution in [0.25, 0.3) is 0 Å². The van der Waals surface area contributed by atoms with E-state index in [9.17, 15) is 0 Å². The molecule has 2 rings (SSSR count). The molecule has 1 aromatic heterocycles. The molecule has 0 bridgehead atoms. The van der Waals surface area contributed by atoms with Gasteiger partial charge in [-0.1, -0.05) is 185 Å². The number of benzene rings is 1. The minimum absolute atomic E-state index is 0.574. The summed E-state index contributed by atoms with van der Waals surface area (Å²) in [7, 11) is 0. The number of hydrogen-bond acceptors (Lipinski definition) is 1. The molecule has 0 saturated carbocycles. The maximum atomic E-state index is 4.44. The molecule has 0 aliphatic heterocycles. The molecule has 2 nitrogen and oxygen atoms in total. The Morgan fingerprint density at radius 1 is 0.550 bits per heavy atom. The van der Waals surface area contributed by atoms with E-state index in [1.807, 2.05) is 6.20 Å². The lowest BCUT2D eigenvalue weighted by Crippen LogP contribution is -2.21. The summed E-state index contributed by atoms with van der Waals surface area (Å²) in [4.78, 5) is 4.44. The Morgan fingerprint density at radius 2 is 1.00 bits per heavy atom. The Bertz CT molecular complexity index is 753. The van der Waals surface area contributed by atoms with Crippen molar-refractivity contribution in [1.29, 1.82) is 0 Å². The Morgan fingerprint density at radius 3 is 1.45 bits per heavy atom. The van der Waals surface area contributed by atoms with Gasteiger partial charge in [-0.25, -0.2) is 4.98 Å². The Labute approximate surface area is 250 Å². The van der Waals surface area contributed by atoms with Crippen LogP contribution in [0.1, 0.15) is 180 Å². The Hall–Kier alpha value is -1.57. The first kappa shape index (κ1) is 34.6. The third-order valence-corrected chi connectivity index (χ3v) is 9.07. The van der Waals surface area contributed by atoms with E-state index in [-0.39, 0.29) is 0 Å². The smallest absolute Gasteiger partial charge is 0.0948 e. The van der Waals surface area contributed by atoms with E-state index in [1.54, 1.807) is 0 Å². The highest BCUT2D eigenvalue weighted by molar-refractivity contribution is 5.15. The van der Waals surface area contributed by atoms with Gasteiger partial charge in [0.2, 0.25) is 0 Å². The molecule has 0 radical (unpaired) electrons. The number of nitrogens with zero attached hydrogens (tertiary/aromatic N) is 2. The van der Waals surface area contributed by atoms with Crippen LogP contribution in [0.4, 0.5) is 0 Å². The third-order valence-electron chi connectivity index (χ3n) is 9.07. The van der Waals surface area contributed by atoms with Gasteiger partial charge in [0.25, 0.3) is 0 Å². The predicted molar refractivity (Wildman–Crippen MR) is 177 cm³/mol. The van der Waals surface area contributed by atoms with Crippen LogP contribution in [0, 0.1) is 5.92 Å². The van der Waals surface area contributed by atoms with Gasteiger partial charge in [0.1, 0.15) is 0 Å². The van der Waals surface area contributed by atoms with Crippen LogP contribution in [-0.2, 0) is 6.42 Å². The van der Waals surface area contributed by atoms with E-state index in [0.717, 1.165) is 0 Å². The van der Waals surface area contributed by atoms with E-state index in [1.165, 1.54) is 166 Å². The summed E-state index contributed by atoms with van der Waals surface area (Å²) in [6.45, 7) is 4.62. The van der Waals surface area contributed by atoms with Crippen molar-refractivity contribution >= 4 is 0 Å². The molecule has 1 aromatic carbocycles. The lowest BCUT2D eigenvalue weighted by molar-refractivity contribution is 0.275. The fourth-order valence-corrected chi connectivity index (χ4v) is 6.53. The molecule has 0 aliphatic rings. The maximum absolute atomic E-state index is 4.44.